The fourth-order valence-electron chi connectivity index (χ4n) is 4.62. The predicted molar refractivity (Wildman–Crippen MR) is 91.6 cm³/mol. The summed E-state index contributed by atoms with van der Waals surface area (Å²) in [6.45, 7) is 5.67. The molecule has 0 spiro atoms. The molecule has 2 N–H and O–H groups in total. The van der Waals surface area contributed by atoms with Gasteiger partial charge in [-0.05, 0) is 58.7 Å². The third-order valence-corrected chi connectivity index (χ3v) is 6.15. The molecule has 21 heavy (non-hydrogen) atoms. The van der Waals surface area contributed by atoms with Gasteiger partial charge in [0.1, 0.15) is 0 Å². The summed E-state index contributed by atoms with van der Waals surface area (Å²) in [4.78, 5) is 5.18. The molecular formula is C18H37N3. The Labute approximate surface area is 132 Å². The van der Waals surface area contributed by atoms with Gasteiger partial charge in [0.05, 0.1) is 0 Å². The van der Waals surface area contributed by atoms with Crippen molar-refractivity contribution >= 4 is 0 Å². The lowest BCUT2D eigenvalue weighted by Crippen LogP contribution is -2.59. The second-order valence-electron chi connectivity index (χ2n) is 7.72. The van der Waals surface area contributed by atoms with Crippen molar-refractivity contribution < 1.29 is 0 Å². The van der Waals surface area contributed by atoms with Crippen LogP contribution >= 0.6 is 0 Å². The number of nitrogens with two attached hydrogens (primary N) is 1. The lowest BCUT2D eigenvalue weighted by atomic mass is 9.85. The molecule has 0 bridgehead atoms. The highest BCUT2D eigenvalue weighted by molar-refractivity contribution is 4.97. The molecular weight excluding hydrogens is 258 g/mol. The molecule has 2 fully saturated rings. The summed E-state index contributed by atoms with van der Waals surface area (Å²) in [5, 5.41) is 0. The van der Waals surface area contributed by atoms with Crippen LogP contribution in [0.2, 0.25) is 0 Å². The number of likely N-dealkylation sites (N-methyl/N-ethyl adjacent to an activating group) is 1. The van der Waals surface area contributed by atoms with Gasteiger partial charge in [-0.25, -0.2) is 0 Å². The van der Waals surface area contributed by atoms with Crippen LogP contribution in [0.1, 0.15) is 64.7 Å². The Bertz CT molecular complexity index is 305. The monoisotopic (exact) mass is 295 g/mol. The normalized spacial score (nSPS) is 35.9. The number of hydrogen-bond donors (Lipinski definition) is 1. The van der Waals surface area contributed by atoms with Gasteiger partial charge >= 0.3 is 0 Å². The Kier molecular flexibility index (Phi) is 6.51. The smallest absolute Gasteiger partial charge is 0.0332 e. The second kappa shape index (κ2) is 7.94. The van der Waals surface area contributed by atoms with Crippen molar-refractivity contribution in [3.63, 3.8) is 0 Å². The minimum absolute atomic E-state index is 0.303. The fraction of sp³-hybridized carbons (Fsp3) is 1.00. The van der Waals surface area contributed by atoms with Gasteiger partial charge in [0.15, 0.2) is 0 Å². The Balaban J connectivity index is 2.02. The maximum Gasteiger partial charge on any atom is 0.0332 e. The van der Waals surface area contributed by atoms with Gasteiger partial charge in [0.2, 0.25) is 0 Å². The van der Waals surface area contributed by atoms with Crippen molar-refractivity contribution in [3.05, 3.63) is 0 Å². The van der Waals surface area contributed by atoms with Gasteiger partial charge < -0.3 is 10.6 Å². The second-order valence-corrected chi connectivity index (χ2v) is 7.72. The van der Waals surface area contributed by atoms with Crippen molar-refractivity contribution in [1.82, 2.24) is 9.80 Å². The quantitative estimate of drug-likeness (QED) is 0.791. The molecule has 2 aliphatic rings. The maximum absolute atomic E-state index is 6.32. The predicted octanol–water partition coefficient (Wildman–Crippen LogP) is 3.09. The largest absolute Gasteiger partial charge is 0.329 e. The minimum atomic E-state index is 0.303. The summed E-state index contributed by atoms with van der Waals surface area (Å²) in [6.07, 6.45) is 12.3. The van der Waals surface area contributed by atoms with Crippen LogP contribution in [-0.4, -0.2) is 55.1 Å². The molecule has 1 aliphatic heterocycles. The van der Waals surface area contributed by atoms with Crippen LogP contribution in [0.15, 0.2) is 0 Å². The van der Waals surface area contributed by atoms with Gasteiger partial charge in [0, 0.05) is 24.7 Å². The van der Waals surface area contributed by atoms with E-state index in [4.69, 9.17) is 5.73 Å². The highest BCUT2D eigenvalue weighted by atomic mass is 15.3. The van der Waals surface area contributed by atoms with Gasteiger partial charge in [-0.1, -0.05) is 32.6 Å². The van der Waals surface area contributed by atoms with Crippen molar-refractivity contribution in [2.75, 3.05) is 33.7 Å². The van der Waals surface area contributed by atoms with Gasteiger partial charge in [-0.3, -0.25) is 4.90 Å². The van der Waals surface area contributed by atoms with Gasteiger partial charge in [-0.2, -0.15) is 0 Å². The first-order valence-corrected chi connectivity index (χ1v) is 9.23. The summed E-state index contributed by atoms with van der Waals surface area (Å²) in [5.41, 5.74) is 6.63. The molecule has 1 aliphatic carbocycles. The van der Waals surface area contributed by atoms with Crippen LogP contribution in [0.5, 0.6) is 0 Å². The molecule has 3 heteroatoms. The first-order chi connectivity index (χ1) is 10.1. The number of piperidine rings is 1. The molecule has 3 nitrogen and oxygen atoms in total. The first kappa shape index (κ1) is 17.2. The molecule has 0 aromatic heterocycles. The first-order valence-electron chi connectivity index (χ1n) is 9.23. The standard InChI is InChI=1S/C18H37N3/c1-4-7-16-8-5-11-18(15-19,12-10-16)21-13-6-9-17(14-21)20(2)3/h16-17H,4-15,19H2,1-3H3. The van der Waals surface area contributed by atoms with E-state index in [0.717, 1.165) is 18.5 Å². The zero-order valence-corrected chi connectivity index (χ0v) is 14.6. The van der Waals surface area contributed by atoms with E-state index in [9.17, 15) is 0 Å². The topological polar surface area (TPSA) is 32.5 Å². The van der Waals surface area contributed by atoms with Crippen LogP contribution in [0.4, 0.5) is 0 Å². The highest BCUT2D eigenvalue weighted by Gasteiger charge is 2.39. The van der Waals surface area contributed by atoms with E-state index in [-0.39, 0.29) is 0 Å². The van der Waals surface area contributed by atoms with E-state index in [1.807, 2.05) is 0 Å². The van der Waals surface area contributed by atoms with Crippen molar-refractivity contribution in [1.29, 1.82) is 0 Å². The van der Waals surface area contributed by atoms with E-state index < -0.39 is 0 Å². The average Bonchev–Trinajstić information content (AvgIpc) is 2.71. The van der Waals surface area contributed by atoms with Gasteiger partial charge in [-0.15, -0.1) is 0 Å². The van der Waals surface area contributed by atoms with Crippen LogP contribution < -0.4 is 5.73 Å². The van der Waals surface area contributed by atoms with E-state index >= 15 is 0 Å². The SMILES string of the molecule is CCCC1CCCC(CN)(N2CCCC(N(C)C)C2)CC1. The van der Waals surface area contributed by atoms with Crippen molar-refractivity contribution in [2.45, 2.75) is 76.3 Å². The van der Waals surface area contributed by atoms with Crippen LogP contribution in [0, 0.1) is 5.92 Å². The molecule has 3 atom stereocenters. The Hall–Kier alpha value is -0.120. The van der Waals surface area contributed by atoms with Gasteiger partial charge in [0.25, 0.3) is 0 Å². The van der Waals surface area contributed by atoms with Crippen molar-refractivity contribution in [3.8, 4) is 0 Å². The Morgan fingerprint density at radius 1 is 1.14 bits per heavy atom. The summed E-state index contributed by atoms with van der Waals surface area (Å²) in [6, 6.07) is 0.719. The molecule has 1 heterocycles. The fourth-order valence-corrected chi connectivity index (χ4v) is 4.62. The number of likely N-dealkylation sites (tertiary alicyclic amines) is 1. The molecule has 0 aromatic rings. The highest BCUT2D eigenvalue weighted by Crippen LogP contribution is 2.37. The molecule has 2 rings (SSSR count). The molecule has 1 saturated carbocycles. The molecule has 124 valence electrons. The number of hydrogen-bond acceptors (Lipinski definition) is 3. The Morgan fingerprint density at radius 2 is 1.95 bits per heavy atom. The summed E-state index contributed by atoms with van der Waals surface area (Å²) >= 11 is 0. The zero-order chi connectivity index (χ0) is 15.3. The summed E-state index contributed by atoms with van der Waals surface area (Å²) < 4.78 is 0. The molecule has 0 amide bonds. The summed E-state index contributed by atoms with van der Waals surface area (Å²) in [5.74, 6) is 0.956. The Morgan fingerprint density at radius 3 is 2.62 bits per heavy atom. The zero-order valence-electron chi connectivity index (χ0n) is 14.6. The van der Waals surface area contributed by atoms with E-state index in [1.54, 1.807) is 0 Å². The molecule has 0 radical (unpaired) electrons. The number of nitrogens with zero attached hydrogens (tertiary/aromatic N) is 2. The lowest BCUT2D eigenvalue weighted by molar-refractivity contribution is 0.0243. The van der Waals surface area contributed by atoms with E-state index in [1.165, 1.54) is 70.9 Å². The summed E-state index contributed by atoms with van der Waals surface area (Å²) in [7, 11) is 4.46. The van der Waals surface area contributed by atoms with E-state index in [2.05, 4.69) is 30.8 Å². The third-order valence-electron chi connectivity index (χ3n) is 6.15. The third kappa shape index (κ3) is 4.20. The molecule has 3 unspecified atom stereocenters. The number of rotatable bonds is 5. The van der Waals surface area contributed by atoms with Crippen LogP contribution in [-0.2, 0) is 0 Å². The molecule has 1 saturated heterocycles. The van der Waals surface area contributed by atoms with Crippen LogP contribution in [0.3, 0.4) is 0 Å². The average molecular weight is 296 g/mol. The molecule has 0 aromatic carbocycles. The maximum atomic E-state index is 6.32. The lowest BCUT2D eigenvalue weighted by Gasteiger charge is -2.48. The van der Waals surface area contributed by atoms with Crippen LogP contribution in [0.25, 0.3) is 0 Å². The minimum Gasteiger partial charge on any atom is -0.329 e. The van der Waals surface area contributed by atoms with E-state index in [0.29, 0.717) is 5.54 Å². The van der Waals surface area contributed by atoms with Crippen molar-refractivity contribution in [2.24, 2.45) is 11.7 Å².